The Labute approximate surface area is 433 Å². The van der Waals surface area contributed by atoms with Gasteiger partial charge in [0.25, 0.3) is 0 Å². The van der Waals surface area contributed by atoms with Gasteiger partial charge in [-0.15, -0.1) is 0 Å². The fourth-order valence-corrected chi connectivity index (χ4v) is 11.8. The summed E-state index contributed by atoms with van der Waals surface area (Å²) < 4.78 is 7.21. The predicted molar refractivity (Wildman–Crippen MR) is 311 cm³/mol. The Bertz CT molecular complexity index is 4260. The predicted octanol–water partition coefficient (Wildman–Crippen LogP) is 15.6. The van der Waals surface area contributed by atoms with Crippen molar-refractivity contribution in [3.05, 3.63) is 272 Å². The molecule has 13 aromatic rings. The van der Waals surface area contributed by atoms with Gasteiger partial charge >= 0.3 is 0 Å². The number of hydrogen-bond donors (Lipinski definition) is 3. The zero-order chi connectivity index (χ0) is 49.4. The smallest absolute Gasteiger partial charge is 0.133 e. The SMILES string of the molecule is C1=CC(C2=NC(c3ccccc3)NC(c3cccc(-n4c5ccc(-c6ccc7c(c6)c6ccccc6n7-c6ccccc6)cc5c5cc(-c6ccc7c(c6)c6ccccc6n7-c6ccccc6)ccc54)c3)N2)=CNC1. The summed E-state index contributed by atoms with van der Waals surface area (Å²) in [5.74, 6) is 0.851. The maximum absolute atomic E-state index is 5.19. The molecule has 7 heteroatoms. The van der Waals surface area contributed by atoms with Crippen molar-refractivity contribution in [2.75, 3.05) is 6.54 Å². The Morgan fingerprint density at radius 2 is 0.800 bits per heavy atom. The molecule has 0 spiro atoms. The number of benzene rings is 10. The second-order valence-electron chi connectivity index (χ2n) is 19.7. The minimum absolute atomic E-state index is 0.212. The molecule has 5 heterocycles. The van der Waals surface area contributed by atoms with Crippen LogP contribution in [0, 0.1) is 0 Å². The fraction of sp³-hybridized carbons (Fsp3) is 0.0441. The largest absolute Gasteiger partial charge is 0.387 e. The second-order valence-corrected chi connectivity index (χ2v) is 19.7. The van der Waals surface area contributed by atoms with Crippen LogP contribution in [-0.2, 0) is 0 Å². The number of nitrogens with one attached hydrogen (secondary N) is 3. The highest BCUT2D eigenvalue weighted by Crippen LogP contribution is 2.41. The first kappa shape index (κ1) is 42.9. The van der Waals surface area contributed by atoms with E-state index in [4.69, 9.17) is 4.99 Å². The van der Waals surface area contributed by atoms with Crippen LogP contribution in [0.5, 0.6) is 0 Å². The third kappa shape index (κ3) is 7.19. The highest BCUT2D eigenvalue weighted by Gasteiger charge is 2.27. The van der Waals surface area contributed by atoms with Gasteiger partial charge in [0.2, 0.25) is 0 Å². The van der Waals surface area contributed by atoms with E-state index in [0.29, 0.717) is 0 Å². The van der Waals surface area contributed by atoms with Crippen molar-refractivity contribution in [2.45, 2.75) is 12.3 Å². The molecule has 0 saturated heterocycles. The Morgan fingerprint density at radius 1 is 0.373 bits per heavy atom. The Kier molecular flexibility index (Phi) is 10.0. The summed E-state index contributed by atoms with van der Waals surface area (Å²) in [6.07, 6.45) is 5.89. The van der Waals surface area contributed by atoms with Gasteiger partial charge in [0, 0.05) is 67.7 Å². The van der Waals surface area contributed by atoms with E-state index in [1.165, 1.54) is 76.6 Å². The summed E-state index contributed by atoms with van der Waals surface area (Å²) in [6.45, 7) is 0.801. The molecule has 356 valence electrons. The molecule has 15 rings (SSSR count). The molecule has 0 aliphatic carbocycles. The van der Waals surface area contributed by atoms with Crippen LogP contribution >= 0.6 is 0 Å². The van der Waals surface area contributed by atoms with E-state index in [1.807, 2.05) is 0 Å². The average molecular weight is 964 g/mol. The lowest BCUT2D eigenvalue weighted by molar-refractivity contribution is 0.409. The Hall–Kier alpha value is -9.69. The number of rotatable bonds is 8. The lowest BCUT2D eigenvalue weighted by Crippen LogP contribution is -2.45. The monoisotopic (exact) mass is 963 g/mol. The quantitative estimate of drug-likeness (QED) is 0.142. The number of fused-ring (bicyclic) bond motifs is 9. The summed E-state index contributed by atoms with van der Waals surface area (Å²) in [5, 5.41) is 18.3. The number of hydrogen-bond acceptors (Lipinski definition) is 4. The number of dihydropyridines is 1. The van der Waals surface area contributed by atoms with Gasteiger partial charge < -0.3 is 24.3 Å². The molecule has 0 amide bonds. The summed E-state index contributed by atoms with van der Waals surface area (Å²) >= 11 is 0. The van der Waals surface area contributed by atoms with E-state index in [0.717, 1.165) is 57.2 Å². The molecule has 0 bridgehead atoms. The lowest BCUT2D eigenvalue weighted by atomic mass is 9.98. The molecule has 2 atom stereocenters. The summed E-state index contributed by atoms with van der Waals surface area (Å²) in [7, 11) is 0. The van der Waals surface area contributed by atoms with Gasteiger partial charge in [-0.05, 0) is 130 Å². The van der Waals surface area contributed by atoms with Crippen molar-refractivity contribution in [1.82, 2.24) is 29.7 Å². The van der Waals surface area contributed by atoms with Gasteiger partial charge in [-0.25, -0.2) is 4.99 Å². The van der Waals surface area contributed by atoms with Gasteiger partial charge in [-0.2, -0.15) is 0 Å². The zero-order valence-electron chi connectivity index (χ0n) is 40.9. The normalized spacial score (nSPS) is 15.7. The van der Waals surface area contributed by atoms with Gasteiger partial charge in [0.1, 0.15) is 18.2 Å². The summed E-state index contributed by atoms with van der Waals surface area (Å²) in [4.78, 5) is 5.19. The highest BCUT2D eigenvalue weighted by atomic mass is 15.3. The first-order valence-corrected chi connectivity index (χ1v) is 25.8. The fourth-order valence-electron chi connectivity index (χ4n) is 11.8. The van der Waals surface area contributed by atoms with Gasteiger partial charge in [-0.3, -0.25) is 5.32 Å². The third-order valence-electron chi connectivity index (χ3n) is 15.3. The van der Waals surface area contributed by atoms with E-state index < -0.39 is 0 Å². The first-order valence-electron chi connectivity index (χ1n) is 25.8. The molecule has 2 unspecified atom stereocenters. The average Bonchev–Trinajstić information content (AvgIpc) is 4.19. The molecule has 0 radical (unpaired) electrons. The molecular weight excluding hydrogens is 915 g/mol. The highest BCUT2D eigenvalue weighted by molar-refractivity contribution is 6.15. The van der Waals surface area contributed by atoms with Crippen LogP contribution in [0.1, 0.15) is 23.5 Å². The van der Waals surface area contributed by atoms with Crippen LogP contribution in [0.4, 0.5) is 0 Å². The Balaban J connectivity index is 0.895. The van der Waals surface area contributed by atoms with Gasteiger partial charge in [0.05, 0.1) is 33.1 Å². The molecule has 2 aliphatic rings. The molecule has 3 aromatic heterocycles. The van der Waals surface area contributed by atoms with Gasteiger partial charge in [0.15, 0.2) is 0 Å². The second kappa shape index (κ2) is 17.5. The van der Waals surface area contributed by atoms with E-state index in [-0.39, 0.29) is 12.3 Å². The summed E-state index contributed by atoms with van der Waals surface area (Å²) in [5.41, 5.74) is 18.4. The molecular formula is C68H49N7. The number of nitrogens with zero attached hydrogens (tertiary/aromatic N) is 4. The first-order chi connectivity index (χ1) is 37.2. The van der Waals surface area contributed by atoms with Crippen LogP contribution in [0.2, 0.25) is 0 Å². The van der Waals surface area contributed by atoms with Crippen molar-refractivity contribution in [3.8, 4) is 39.3 Å². The Morgan fingerprint density at radius 3 is 1.31 bits per heavy atom. The van der Waals surface area contributed by atoms with Crippen molar-refractivity contribution in [2.24, 2.45) is 4.99 Å². The van der Waals surface area contributed by atoms with Crippen molar-refractivity contribution in [3.63, 3.8) is 0 Å². The minimum Gasteiger partial charge on any atom is -0.387 e. The molecule has 3 N–H and O–H groups in total. The van der Waals surface area contributed by atoms with E-state index >= 15 is 0 Å². The van der Waals surface area contributed by atoms with Crippen LogP contribution in [0.3, 0.4) is 0 Å². The van der Waals surface area contributed by atoms with Crippen molar-refractivity contribution in [1.29, 1.82) is 0 Å². The van der Waals surface area contributed by atoms with Crippen LogP contribution in [0.15, 0.2) is 266 Å². The van der Waals surface area contributed by atoms with Crippen LogP contribution < -0.4 is 16.0 Å². The third-order valence-corrected chi connectivity index (χ3v) is 15.3. The van der Waals surface area contributed by atoms with Crippen LogP contribution in [-0.4, -0.2) is 26.1 Å². The zero-order valence-corrected chi connectivity index (χ0v) is 40.9. The van der Waals surface area contributed by atoms with E-state index in [1.54, 1.807) is 0 Å². The topological polar surface area (TPSA) is 63.2 Å². The number of aromatic nitrogens is 3. The van der Waals surface area contributed by atoms with Crippen molar-refractivity contribution < 1.29 is 0 Å². The minimum atomic E-state index is -0.236. The van der Waals surface area contributed by atoms with Crippen molar-refractivity contribution >= 4 is 71.3 Å². The number of aliphatic imine (C=N–C) groups is 1. The van der Waals surface area contributed by atoms with Crippen LogP contribution in [0.25, 0.3) is 105 Å². The molecule has 0 fully saturated rings. The lowest BCUT2D eigenvalue weighted by Gasteiger charge is -2.33. The number of para-hydroxylation sites is 4. The molecule has 10 aromatic carbocycles. The number of amidine groups is 1. The van der Waals surface area contributed by atoms with E-state index in [9.17, 15) is 0 Å². The van der Waals surface area contributed by atoms with Gasteiger partial charge in [-0.1, -0.05) is 152 Å². The maximum Gasteiger partial charge on any atom is 0.133 e. The standard InChI is InChI=1S/C68H49N7/c1-4-16-44(17-5-1)66-70-67(72-68(71-66)50-19-15-37-69-43-50)49-18-14-24-53(38-49)75-64-35-31-47(45-29-33-62-56(39-45)54-25-10-12-27-60(54)73(62)51-20-6-2-7-21-51)41-58(64)59-42-48(32-36-65(59)75)46-30-34-63-57(40-46)55-26-11-13-28-61(55)74(63)52-22-8-3-9-23-52/h1-36,38-43,66-67,69-70H,37H2,(H,71,72). The molecule has 75 heavy (non-hydrogen) atoms. The summed E-state index contributed by atoms with van der Waals surface area (Å²) in [6, 6.07) is 86.3. The molecule has 7 nitrogen and oxygen atoms in total. The molecule has 0 saturated carbocycles. The maximum atomic E-state index is 5.19. The molecule has 2 aliphatic heterocycles. The van der Waals surface area contributed by atoms with E-state index in [2.05, 4.69) is 285 Å².